The molecule has 0 bridgehead atoms. The molecule has 3 aromatic carbocycles. The molecule has 0 fully saturated rings. The second-order valence-corrected chi connectivity index (χ2v) is 8.59. The van der Waals surface area contributed by atoms with Crippen molar-refractivity contribution in [1.82, 2.24) is 0 Å². The van der Waals surface area contributed by atoms with Crippen molar-refractivity contribution < 1.29 is 22.7 Å². The average Bonchev–Trinajstić information content (AvgIpc) is 2.74. The minimum atomic E-state index is -3.37. The number of benzene rings is 3. The van der Waals surface area contributed by atoms with E-state index in [4.69, 9.17) is 10.5 Å². The van der Waals surface area contributed by atoms with E-state index < -0.39 is 15.7 Å². The molecule has 0 saturated carbocycles. The summed E-state index contributed by atoms with van der Waals surface area (Å²) < 4.78 is 28.3. The van der Waals surface area contributed by atoms with Crippen LogP contribution in [0.2, 0.25) is 0 Å². The number of rotatable bonds is 6. The Bertz CT molecular complexity index is 1200. The minimum absolute atomic E-state index is 0.105. The predicted molar refractivity (Wildman–Crippen MR) is 115 cm³/mol. The van der Waals surface area contributed by atoms with E-state index in [-0.39, 0.29) is 33.2 Å². The third-order valence-electron chi connectivity index (χ3n) is 4.48. The molecule has 30 heavy (non-hydrogen) atoms. The SMILES string of the molecule is COc1ccc(C(=O)c2cccc(N)c2NC(=O)c2ccc(S(C)(=O)=O)cc2)cc1. The Balaban J connectivity index is 1.91. The first-order valence-electron chi connectivity index (χ1n) is 8.89. The number of ether oxygens (including phenoxy) is 1. The number of carbonyl (C=O) groups excluding carboxylic acids is 2. The Kier molecular flexibility index (Phi) is 5.89. The first-order chi connectivity index (χ1) is 14.2. The molecule has 3 aromatic rings. The normalized spacial score (nSPS) is 11.0. The molecule has 0 heterocycles. The molecule has 7 nitrogen and oxygen atoms in total. The maximum absolute atomic E-state index is 13.0. The summed E-state index contributed by atoms with van der Waals surface area (Å²) in [5, 5.41) is 2.67. The monoisotopic (exact) mass is 424 g/mol. The van der Waals surface area contributed by atoms with Crippen LogP contribution in [0.4, 0.5) is 11.4 Å². The van der Waals surface area contributed by atoms with Gasteiger partial charge in [-0.2, -0.15) is 0 Å². The summed E-state index contributed by atoms with van der Waals surface area (Å²) in [5.74, 6) is -0.213. The second kappa shape index (κ2) is 8.38. The summed E-state index contributed by atoms with van der Waals surface area (Å²) >= 11 is 0. The molecule has 0 saturated heterocycles. The van der Waals surface area contributed by atoms with Crippen molar-refractivity contribution in [2.75, 3.05) is 24.4 Å². The number of methoxy groups -OCH3 is 1. The highest BCUT2D eigenvalue weighted by molar-refractivity contribution is 7.90. The number of nitrogen functional groups attached to an aromatic ring is 1. The van der Waals surface area contributed by atoms with E-state index in [1.54, 1.807) is 42.5 Å². The fourth-order valence-electron chi connectivity index (χ4n) is 2.84. The van der Waals surface area contributed by atoms with Crippen LogP contribution in [0.25, 0.3) is 0 Å². The third kappa shape index (κ3) is 4.49. The minimum Gasteiger partial charge on any atom is -0.497 e. The highest BCUT2D eigenvalue weighted by atomic mass is 32.2. The molecule has 0 aliphatic heterocycles. The van der Waals surface area contributed by atoms with Gasteiger partial charge in [0.25, 0.3) is 5.91 Å². The van der Waals surface area contributed by atoms with Crippen LogP contribution in [-0.4, -0.2) is 33.5 Å². The zero-order chi connectivity index (χ0) is 21.9. The third-order valence-corrected chi connectivity index (χ3v) is 5.61. The van der Waals surface area contributed by atoms with Gasteiger partial charge in [-0.15, -0.1) is 0 Å². The van der Waals surface area contributed by atoms with Gasteiger partial charge in [0.05, 0.1) is 23.4 Å². The van der Waals surface area contributed by atoms with Crippen LogP contribution in [0.3, 0.4) is 0 Å². The van der Waals surface area contributed by atoms with Gasteiger partial charge in [-0.1, -0.05) is 6.07 Å². The van der Waals surface area contributed by atoms with E-state index in [0.29, 0.717) is 11.3 Å². The van der Waals surface area contributed by atoms with Gasteiger partial charge in [0.2, 0.25) is 0 Å². The van der Waals surface area contributed by atoms with Crippen LogP contribution in [-0.2, 0) is 9.84 Å². The lowest BCUT2D eigenvalue weighted by atomic mass is 10.0. The summed E-state index contributed by atoms with van der Waals surface area (Å²) in [6, 6.07) is 16.9. The Hall–Kier alpha value is -3.65. The van der Waals surface area contributed by atoms with Gasteiger partial charge in [0.15, 0.2) is 15.6 Å². The molecule has 0 aromatic heterocycles. The number of amides is 1. The van der Waals surface area contributed by atoms with E-state index in [1.807, 2.05) is 0 Å². The number of carbonyl (C=O) groups is 2. The van der Waals surface area contributed by atoms with Crippen molar-refractivity contribution in [3.8, 4) is 5.75 Å². The zero-order valence-corrected chi connectivity index (χ0v) is 17.2. The lowest BCUT2D eigenvalue weighted by Crippen LogP contribution is -2.17. The summed E-state index contributed by atoms with van der Waals surface area (Å²) in [7, 11) is -1.84. The Morgan fingerprint density at radius 2 is 1.50 bits per heavy atom. The van der Waals surface area contributed by atoms with E-state index in [1.165, 1.54) is 31.4 Å². The molecule has 154 valence electrons. The van der Waals surface area contributed by atoms with Gasteiger partial charge in [-0.3, -0.25) is 9.59 Å². The Morgan fingerprint density at radius 3 is 2.07 bits per heavy atom. The second-order valence-electron chi connectivity index (χ2n) is 6.58. The number of hydrogen-bond donors (Lipinski definition) is 2. The number of sulfone groups is 1. The summed E-state index contributed by atoms with van der Waals surface area (Å²) in [6.07, 6.45) is 1.09. The highest BCUT2D eigenvalue weighted by Gasteiger charge is 2.19. The van der Waals surface area contributed by atoms with Crippen LogP contribution in [0.5, 0.6) is 5.75 Å². The number of nitrogens with one attached hydrogen (secondary N) is 1. The Morgan fingerprint density at radius 1 is 0.900 bits per heavy atom. The molecule has 0 spiro atoms. The van der Waals surface area contributed by atoms with Crippen LogP contribution in [0, 0.1) is 0 Å². The largest absolute Gasteiger partial charge is 0.497 e. The smallest absolute Gasteiger partial charge is 0.255 e. The summed E-state index contributed by atoms with van der Waals surface area (Å²) in [6.45, 7) is 0. The number of para-hydroxylation sites is 1. The molecule has 0 radical (unpaired) electrons. The fourth-order valence-corrected chi connectivity index (χ4v) is 3.47. The van der Waals surface area contributed by atoms with Crippen molar-refractivity contribution in [3.05, 3.63) is 83.4 Å². The lowest BCUT2D eigenvalue weighted by Gasteiger charge is -2.13. The van der Waals surface area contributed by atoms with Crippen molar-refractivity contribution >= 4 is 32.9 Å². The number of ketones is 1. The Labute approximate surface area is 174 Å². The molecule has 3 rings (SSSR count). The lowest BCUT2D eigenvalue weighted by molar-refractivity contribution is 0.102. The molecule has 8 heteroatoms. The van der Waals surface area contributed by atoms with Crippen molar-refractivity contribution in [1.29, 1.82) is 0 Å². The predicted octanol–water partition coefficient (Wildman–Crippen LogP) is 3.16. The topological polar surface area (TPSA) is 116 Å². The molecule has 0 atom stereocenters. The number of anilines is 2. The maximum Gasteiger partial charge on any atom is 0.255 e. The summed E-state index contributed by atoms with van der Waals surface area (Å²) in [4.78, 5) is 25.8. The average molecular weight is 424 g/mol. The van der Waals surface area contributed by atoms with E-state index in [9.17, 15) is 18.0 Å². The van der Waals surface area contributed by atoms with E-state index in [2.05, 4.69) is 5.32 Å². The van der Waals surface area contributed by atoms with Crippen LogP contribution >= 0.6 is 0 Å². The van der Waals surface area contributed by atoms with Crippen LogP contribution in [0.15, 0.2) is 71.6 Å². The first kappa shape index (κ1) is 21.1. The van der Waals surface area contributed by atoms with Crippen LogP contribution < -0.4 is 15.8 Å². The molecular weight excluding hydrogens is 404 g/mol. The van der Waals surface area contributed by atoms with Gasteiger partial charge < -0.3 is 15.8 Å². The molecule has 0 unspecified atom stereocenters. The number of nitrogens with two attached hydrogens (primary N) is 1. The van der Waals surface area contributed by atoms with E-state index in [0.717, 1.165) is 6.26 Å². The van der Waals surface area contributed by atoms with Gasteiger partial charge in [-0.05, 0) is 60.7 Å². The fraction of sp³-hybridized carbons (Fsp3) is 0.0909. The van der Waals surface area contributed by atoms with Gasteiger partial charge in [0, 0.05) is 22.9 Å². The van der Waals surface area contributed by atoms with E-state index >= 15 is 0 Å². The molecule has 1 amide bonds. The van der Waals surface area contributed by atoms with Crippen molar-refractivity contribution in [2.45, 2.75) is 4.90 Å². The molecule has 3 N–H and O–H groups in total. The zero-order valence-electron chi connectivity index (χ0n) is 16.4. The molecule has 0 aliphatic rings. The molecule has 0 aliphatic carbocycles. The summed E-state index contributed by atoms with van der Waals surface area (Å²) in [5.41, 5.74) is 7.33. The standard InChI is InChI=1S/C22H20N2O5S/c1-29-16-10-6-14(7-11-16)21(25)18-4-3-5-19(23)20(18)24-22(26)15-8-12-17(13-9-15)30(2,27)28/h3-13H,23H2,1-2H3,(H,24,26). The first-order valence-corrected chi connectivity index (χ1v) is 10.8. The van der Waals surface area contributed by atoms with Crippen molar-refractivity contribution in [3.63, 3.8) is 0 Å². The molecular formula is C22H20N2O5S. The number of hydrogen-bond acceptors (Lipinski definition) is 6. The van der Waals surface area contributed by atoms with Crippen LogP contribution in [0.1, 0.15) is 26.3 Å². The van der Waals surface area contributed by atoms with Crippen molar-refractivity contribution in [2.24, 2.45) is 0 Å². The van der Waals surface area contributed by atoms with Gasteiger partial charge in [0.1, 0.15) is 5.75 Å². The quantitative estimate of drug-likeness (QED) is 0.464. The maximum atomic E-state index is 13.0. The highest BCUT2D eigenvalue weighted by Crippen LogP contribution is 2.27. The van der Waals surface area contributed by atoms with Gasteiger partial charge >= 0.3 is 0 Å². The van der Waals surface area contributed by atoms with Gasteiger partial charge in [-0.25, -0.2) is 8.42 Å².